The molecule has 2 heterocycles. The molecule has 0 amide bonds. The van der Waals surface area contributed by atoms with E-state index < -0.39 is 0 Å². The highest BCUT2D eigenvalue weighted by Crippen LogP contribution is 2.31. The number of rotatable bonds is 2. The van der Waals surface area contributed by atoms with Crippen LogP contribution < -0.4 is 5.32 Å². The van der Waals surface area contributed by atoms with Gasteiger partial charge in [-0.05, 0) is 38.9 Å². The van der Waals surface area contributed by atoms with Crippen molar-refractivity contribution >= 4 is 11.8 Å². The molecule has 1 N–H and O–H groups in total. The van der Waals surface area contributed by atoms with Crippen molar-refractivity contribution in [2.75, 3.05) is 13.1 Å². The number of piperidine rings is 1. The van der Waals surface area contributed by atoms with E-state index >= 15 is 0 Å². The van der Waals surface area contributed by atoms with Crippen molar-refractivity contribution in [2.45, 2.75) is 29.9 Å². The van der Waals surface area contributed by atoms with Crippen LogP contribution in [0.3, 0.4) is 0 Å². The summed E-state index contributed by atoms with van der Waals surface area (Å²) in [5.74, 6) is 1.06. The molecule has 0 aromatic carbocycles. The molecule has 0 aliphatic carbocycles. The highest BCUT2D eigenvalue weighted by Gasteiger charge is 2.15. The van der Waals surface area contributed by atoms with Gasteiger partial charge in [-0.25, -0.2) is 0 Å². The summed E-state index contributed by atoms with van der Waals surface area (Å²) in [5.41, 5.74) is 0. The first-order valence-electron chi connectivity index (χ1n) is 4.78. The molecule has 0 bridgehead atoms. The van der Waals surface area contributed by atoms with Gasteiger partial charge in [0.1, 0.15) is 5.76 Å². The molecular formula is C10H15NOS. The predicted molar refractivity (Wildman–Crippen MR) is 55.2 cm³/mol. The second-order valence-corrected chi connectivity index (χ2v) is 4.75. The normalized spacial score (nSPS) is 19.2. The van der Waals surface area contributed by atoms with E-state index in [2.05, 4.69) is 11.4 Å². The van der Waals surface area contributed by atoms with Gasteiger partial charge < -0.3 is 9.73 Å². The molecule has 2 rings (SSSR count). The maximum absolute atomic E-state index is 5.27. The lowest BCUT2D eigenvalue weighted by atomic mass is 10.2. The van der Waals surface area contributed by atoms with E-state index in [1.807, 2.05) is 18.7 Å². The minimum Gasteiger partial charge on any atom is -0.468 e. The molecule has 0 atom stereocenters. The molecule has 1 aliphatic rings. The standard InChI is InChI=1S/C10H15NOS/c1-8-10(4-7-12-8)13-9-2-5-11-6-3-9/h4,7,9,11H,2-3,5-6H2,1H3. The van der Waals surface area contributed by atoms with Gasteiger partial charge in [0.25, 0.3) is 0 Å². The van der Waals surface area contributed by atoms with Crippen molar-refractivity contribution in [1.29, 1.82) is 0 Å². The zero-order chi connectivity index (χ0) is 9.10. The van der Waals surface area contributed by atoms with Crippen molar-refractivity contribution in [3.63, 3.8) is 0 Å². The van der Waals surface area contributed by atoms with Gasteiger partial charge in [-0.15, -0.1) is 11.8 Å². The number of nitrogens with one attached hydrogen (secondary N) is 1. The minimum atomic E-state index is 0.776. The Morgan fingerprint density at radius 2 is 2.23 bits per heavy atom. The summed E-state index contributed by atoms with van der Waals surface area (Å²) in [6.45, 7) is 4.35. The van der Waals surface area contributed by atoms with Crippen LogP contribution in [-0.4, -0.2) is 18.3 Å². The average Bonchev–Trinajstić information content (AvgIpc) is 2.54. The van der Waals surface area contributed by atoms with Gasteiger partial charge >= 0.3 is 0 Å². The van der Waals surface area contributed by atoms with Gasteiger partial charge in [-0.1, -0.05) is 0 Å². The van der Waals surface area contributed by atoms with Gasteiger partial charge in [-0.2, -0.15) is 0 Å². The Morgan fingerprint density at radius 1 is 1.46 bits per heavy atom. The maximum Gasteiger partial charge on any atom is 0.114 e. The molecule has 3 heteroatoms. The molecule has 1 fully saturated rings. The number of furan rings is 1. The first-order valence-corrected chi connectivity index (χ1v) is 5.65. The molecule has 1 aromatic rings. The van der Waals surface area contributed by atoms with E-state index in [1.54, 1.807) is 6.26 Å². The van der Waals surface area contributed by atoms with Crippen LogP contribution in [0.15, 0.2) is 21.6 Å². The van der Waals surface area contributed by atoms with E-state index in [1.165, 1.54) is 17.7 Å². The number of hydrogen-bond donors (Lipinski definition) is 1. The van der Waals surface area contributed by atoms with Crippen molar-refractivity contribution in [1.82, 2.24) is 5.32 Å². The monoisotopic (exact) mass is 197 g/mol. The highest BCUT2D eigenvalue weighted by molar-refractivity contribution is 8.00. The summed E-state index contributed by atoms with van der Waals surface area (Å²) < 4.78 is 5.27. The molecule has 1 aliphatic heterocycles. The second kappa shape index (κ2) is 4.20. The second-order valence-electron chi connectivity index (χ2n) is 3.41. The Balaban J connectivity index is 1.93. The Kier molecular flexibility index (Phi) is 2.96. The van der Waals surface area contributed by atoms with Crippen LogP contribution in [0.25, 0.3) is 0 Å². The molecule has 0 radical (unpaired) electrons. The van der Waals surface area contributed by atoms with Gasteiger partial charge in [0.15, 0.2) is 0 Å². The quantitative estimate of drug-likeness (QED) is 0.788. The van der Waals surface area contributed by atoms with E-state index in [-0.39, 0.29) is 0 Å². The van der Waals surface area contributed by atoms with Gasteiger partial charge in [0.05, 0.1) is 6.26 Å². The van der Waals surface area contributed by atoms with Crippen LogP contribution in [0.4, 0.5) is 0 Å². The first kappa shape index (κ1) is 9.16. The van der Waals surface area contributed by atoms with Gasteiger partial charge in [0, 0.05) is 10.1 Å². The fraction of sp³-hybridized carbons (Fsp3) is 0.600. The molecule has 1 saturated heterocycles. The Bertz CT molecular complexity index is 266. The third-order valence-electron chi connectivity index (χ3n) is 2.39. The number of hydrogen-bond acceptors (Lipinski definition) is 3. The maximum atomic E-state index is 5.27. The molecule has 13 heavy (non-hydrogen) atoms. The minimum absolute atomic E-state index is 0.776. The summed E-state index contributed by atoms with van der Waals surface area (Å²) in [6.07, 6.45) is 4.32. The van der Waals surface area contributed by atoms with Crippen LogP contribution >= 0.6 is 11.8 Å². The zero-order valence-corrected chi connectivity index (χ0v) is 8.69. The smallest absolute Gasteiger partial charge is 0.114 e. The van der Waals surface area contributed by atoms with Crippen molar-refractivity contribution in [3.8, 4) is 0 Å². The molecule has 0 saturated carbocycles. The van der Waals surface area contributed by atoms with Crippen LogP contribution in [0.2, 0.25) is 0 Å². The van der Waals surface area contributed by atoms with Crippen molar-refractivity contribution < 1.29 is 4.42 Å². The molecule has 72 valence electrons. The first-order chi connectivity index (χ1) is 6.36. The Hall–Kier alpha value is -0.410. The summed E-state index contributed by atoms with van der Waals surface area (Å²) in [4.78, 5) is 1.31. The molecule has 2 nitrogen and oxygen atoms in total. The lowest BCUT2D eigenvalue weighted by Crippen LogP contribution is -2.29. The third-order valence-corrected chi connectivity index (χ3v) is 3.87. The zero-order valence-electron chi connectivity index (χ0n) is 7.88. The van der Waals surface area contributed by atoms with Gasteiger partial charge in [0.2, 0.25) is 0 Å². The largest absolute Gasteiger partial charge is 0.468 e. The van der Waals surface area contributed by atoms with Crippen LogP contribution in [-0.2, 0) is 0 Å². The van der Waals surface area contributed by atoms with E-state index in [0.29, 0.717) is 0 Å². The van der Waals surface area contributed by atoms with E-state index in [9.17, 15) is 0 Å². The summed E-state index contributed by atoms with van der Waals surface area (Å²) in [5, 5.41) is 4.15. The summed E-state index contributed by atoms with van der Waals surface area (Å²) in [7, 11) is 0. The lowest BCUT2D eigenvalue weighted by molar-refractivity contribution is 0.522. The fourth-order valence-corrected chi connectivity index (χ4v) is 2.77. The predicted octanol–water partition coefficient (Wildman–Crippen LogP) is 2.43. The summed E-state index contributed by atoms with van der Waals surface area (Å²) >= 11 is 1.96. The Labute approximate surface area is 83.1 Å². The highest BCUT2D eigenvalue weighted by atomic mass is 32.2. The van der Waals surface area contributed by atoms with Gasteiger partial charge in [-0.3, -0.25) is 0 Å². The number of aryl methyl sites for hydroxylation is 1. The van der Waals surface area contributed by atoms with Crippen LogP contribution in [0.1, 0.15) is 18.6 Å². The lowest BCUT2D eigenvalue weighted by Gasteiger charge is -2.21. The number of thioether (sulfide) groups is 1. The SMILES string of the molecule is Cc1occc1SC1CCNCC1. The molecular weight excluding hydrogens is 182 g/mol. The fourth-order valence-electron chi connectivity index (χ4n) is 1.59. The third kappa shape index (κ3) is 2.29. The van der Waals surface area contributed by atoms with Crippen molar-refractivity contribution in [3.05, 3.63) is 18.1 Å². The van der Waals surface area contributed by atoms with Crippen molar-refractivity contribution in [2.24, 2.45) is 0 Å². The van der Waals surface area contributed by atoms with E-state index in [0.717, 1.165) is 24.1 Å². The van der Waals surface area contributed by atoms with Crippen LogP contribution in [0, 0.1) is 6.92 Å². The Morgan fingerprint density at radius 3 is 2.85 bits per heavy atom. The molecule has 1 aromatic heterocycles. The molecule has 0 spiro atoms. The van der Waals surface area contributed by atoms with Crippen LogP contribution in [0.5, 0.6) is 0 Å². The average molecular weight is 197 g/mol. The summed E-state index contributed by atoms with van der Waals surface area (Å²) in [6, 6.07) is 2.07. The molecule has 0 unspecified atom stereocenters. The van der Waals surface area contributed by atoms with E-state index in [4.69, 9.17) is 4.42 Å². The topological polar surface area (TPSA) is 25.2 Å².